The van der Waals surface area contributed by atoms with Gasteiger partial charge in [0.25, 0.3) is 0 Å². The number of amides is 1. The normalized spacial score (nSPS) is 10.3. The first-order valence-electron chi connectivity index (χ1n) is 6.10. The third-order valence-corrected chi connectivity index (χ3v) is 1.96. The van der Waals surface area contributed by atoms with E-state index in [1.165, 1.54) is 13.8 Å². The van der Waals surface area contributed by atoms with E-state index in [2.05, 4.69) is 5.32 Å². The third kappa shape index (κ3) is 15.0. The van der Waals surface area contributed by atoms with Crippen LogP contribution in [0, 0.1) is 0 Å². The molecule has 0 aliphatic rings. The topological polar surface area (TPSA) is 73.9 Å². The third-order valence-electron chi connectivity index (χ3n) is 1.96. The highest BCUT2D eigenvalue weighted by atomic mass is 16.5. The Morgan fingerprint density at radius 1 is 0.833 bits per heavy atom. The molecule has 0 aromatic heterocycles. The molecule has 0 bridgehead atoms. The molecule has 1 amide bonds. The summed E-state index contributed by atoms with van der Waals surface area (Å²) in [6.07, 6.45) is 0.451. The molecule has 0 aliphatic heterocycles. The van der Waals surface area contributed by atoms with Gasteiger partial charge in [-0.1, -0.05) is 0 Å². The standard InChI is InChI=1S/C12H23NO5/c1-11(14)3-5-16-7-9-18-10-8-17-6-4-13-12(2)15/h3-10H2,1-2H3,(H,13,15). The van der Waals surface area contributed by atoms with E-state index in [-0.39, 0.29) is 11.7 Å². The minimum absolute atomic E-state index is 0.0578. The molecule has 106 valence electrons. The van der Waals surface area contributed by atoms with Crippen LogP contribution >= 0.6 is 0 Å². The van der Waals surface area contributed by atoms with Gasteiger partial charge in [-0.15, -0.1) is 0 Å². The Morgan fingerprint density at radius 2 is 1.33 bits per heavy atom. The molecule has 0 aromatic rings. The molecule has 0 saturated carbocycles. The number of ether oxygens (including phenoxy) is 3. The lowest BCUT2D eigenvalue weighted by Gasteiger charge is -2.06. The largest absolute Gasteiger partial charge is 0.379 e. The monoisotopic (exact) mass is 261 g/mol. The summed E-state index contributed by atoms with van der Waals surface area (Å²) in [4.78, 5) is 21.1. The lowest BCUT2D eigenvalue weighted by atomic mass is 10.3. The number of carbonyl (C=O) groups is 2. The average molecular weight is 261 g/mol. The number of Topliss-reactive ketones (excluding diaryl/α,β-unsaturated/α-hetero) is 1. The SMILES string of the molecule is CC(=O)CCOCCOCCOCCNC(C)=O. The van der Waals surface area contributed by atoms with Gasteiger partial charge < -0.3 is 19.5 Å². The summed E-state index contributed by atoms with van der Waals surface area (Å²) in [7, 11) is 0. The van der Waals surface area contributed by atoms with E-state index in [4.69, 9.17) is 14.2 Å². The van der Waals surface area contributed by atoms with Crippen molar-refractivity contribution in [3.63, 3.8) is 0 Å². The fourth-order valence-electron chi connectivity index (χ4n) is 1.06. The van der Waals surface area contributed by atoms with Gasteiger partial charge in [0.15, 0.2) is 0 Å². The zero-order chi connectivity index (χ0) is 13.6. The van der Waals surface area contributed by atoms with Crippen molar-refractivity contribution in [2.45, 2.75) is 20.3 Å². The zero-order valence-corrected chi connectivity index (χ0v) is 11.2. The highest BCUT2D eigenvalue weighted by molar-refractivity contribution is 5.75. The molecule has 0 aromatic carbocycles. The molecule has 6 heteroatoms. The summed E-state index contributed by atoms with van der Waals surface area (Å²) in [6.45, 7) is 6.43. The van der Waals surface area contributed by atoms with Crippen molar-refractivity contribution < 1.29 is 23.8 Å². The number of carbonyl (C=O) groups excluding carboxylic acids is 2. The summed E-state index contributed by atoms with van der Waals surface area (Å²) >= 11 is 0. The first-order valence-corrected chi connectivity index (χ1v) is 6.10. The first kappa shape index (κ1) is 17.0. The van der Waals surface area contributed by atoms with Crippen LogP contribution < -0.4 is 5.32 Å². The van der Waals surface area contributed by atoms with Crippen molar-refractivity contribution >= 4 is 11.7 Å². The zero-order valence-electron chi connectivity index (χ0n) is 11.2. The van der Waals surface area contributed by atoms with E-state index in [1.807, 2.05) is 0 Å². The maximum absolute atomic E-state index is 10.6. The van der Waals surface area contributed by atoms with Crippen molar-refractivity contribution in [1.29, 1.82) is 0 Å². The van der Waals surface area contributed by atoms with Gasteiger partial charge in [-0.2, -0.15) is 0 Å². The fraction of sp³-hybridized carbons (Fsp3) is 0.833. The molecular weight excluding hydrogens is 238 g/mol. The summed E-state index contributed by atoms with van der Waals surface area (Å²) in [5.41, 5.74) is 0. The van der Waals surface area contributed by atoms with E-state index < -0.39 is 0 Å². The minimum atomic E-state index is -0.0578. The van der Waals surface area contributed by atoms with Gasteiger partial charge in [0.1, 0.15) is 5.78 Å². The molecule has 0 radical (unpaired) electrons. The molecule has 0 atom stereocenters. The number of hydrogen-bond donors (Lipinski definition) is 1. The van der Waals surface area contributed by atoms with Gasteiger partial charge in [0.2, 0.25) is 5.91 Å². The van der Waals surface area contributed by atoms with Gasteiger partial charge in [-0.25, -0.2) is 0 Å². The van der Waals surface area contributed by atoms with Crippen LogP contribution in [0.15, 0.2) is 0 Å². The highest BCUT2D eigenvalue weighted by Crippen LogP contribution is 1.85. The Labute approximate surface area is 108 Å². The minimum Gasteiger partial charge on any atom is -0.379 e. The predicted molar refractivity (Wildman–Crippen MR) is 66.4 cm³/mol. The second-order valence-electron chi connectivity index (χ2n) is 3.77. The number of ketones is 1. The summed E-state index contributed by atoms with van der Waals surface area (Å²) < 4.78 is 15.6. The number of rotatable bonds is 12. The van der Waals surface area contributed by atoms with E-state index in [0.717, 1.165) is 0 Å². The summed E-state index contributed by atoms with van der Waals surface area (Å²) in [5.74, 6) is 0.0704. The molecule has 0 unspecified atom stereocenters. The van der Waals surface area contributed by atoms with Gasteiger partial charge in [0, 0.05) is 19.9 Å². The predicted octanol–water partition coefficient (Wildman–Crippen LogP) is 0.151. The van der Waals surface area contributed by atoms with E-state index in [9.17, 15) is 9.59 Å². The number of nitrogens with one attached hydrogen (secondary N) is 1. The van der Waals surface area contributed by atoms with Crippen molar-refractivity contribution in [2.75, 3.05) is 46.2 Å². The van der Waals surface area contributed by atoms with Crippen LogP contribution in [0.25, 0.3) is 0 Å². The van der Waals surface area contributed by atoms with Gasteiger partial charge >= 0.3 is 0 Å². The molecular formula is C12H23NO5. The highest BCUT2D eigenvalue weighted by Gasteiger charge is 1.94. The van der Waals surface area contributed by atoms with E-state index in [0.29, 0.717) is 52.6 Å². The first-order chi connectivity index (χ1) is 8.63. The number of hydrogen-bond acceptors (Lipinski definition) is 5. The molecule has 0 fully saturated rings. The van der Waals surface area contributed by atoms with Crippen molar-refractivity contribution in [1.82, 2.24) is 5.32 Å². The van der Waals surface area contributed by atoms with Crippen LogP contribution in [0.4, 0.5) is 0 Å². The second kappa shape index (κ2) is 12.5. The Kier molecular flexibility index (Phi) is 11.8. The van der Waals surface area contributed by atoms with Gasteiger partial charge in [0.05, 0.1) is 39.6 Å². The molecule has 0 saturated heterocycles. The molecule has 6 nitrogen and oxygen atoms in total. The van der Waals surface area contributed by atoms with Crippen molar-refractivity contribution in [3.8, 4) is 0 Å². The Bertz CT molecular complexity index is 209. The maximum Gasteiger partial charge on any atom is 0.216 e. The lowest BCUT2D eigenvalue weighted by Crippen LogP contribution is -2.25. The fourth-order valence-corrected chi connectivity index (χ4v) is 1.06. The maximum atomic E-state index is 10.6. The molecule has 0 heterocycles. The van der Waals surface area contributed by atoms with Gasteiger partial charge in [-0.05, 0) is 6.92 Å². The Morgan fingerprint density at radius 3 is 1.83 bits per heavy atom. The van der Waals surface area contributed by atoms with Crippen LogP contribution in [-0.4, -0.2) is 57.9 Å². The van der Waals surface area contributed by atoms with Gasteiger partial charge in [-0.3, -0.25) is 9.59 Å². The molecule has 0 aliphatic carbocycles. The van der Waals surface area contributed by atoms with Crippen molar-refractivity contribution in [2.24, 2.45) is 0 Å². The van der Waals surface area contributed by atoms with Crippen LogP contribution in [0.3, 0.4) is 0 Å². The van der Waals surface area contributed by atoms with Crippen LogP contribution in [0.1, 0.15) is 20.3 Å². The van der Waals surface area contributed by atoms with Crippen LogP contribution in [0.5, 0.6) is 0 Å². The quantitative estimate of drug-likeness (QED) is 0.506. The van der Waals surface area contributed by atoms with E-state index in [1.54, 1.807) is 0 Å². The average Bonchev–Trinajstić information content (AvgIpc) is 2.29. The lowest BCUT2D eigenvalue weighted by molar-refractivity contribution is -0.119. The summed E-state index contributed by atoms with van der Waals surface area (Å²) in [6, 6.07) is 0. The van der Waals surface area contributed by atoms with Crippen LogP contribution in [0.2, 0.25) is 0 Å². The second-order valence-corrected chi connectivity index (χ2v) is 3.77. The van der Waals surface area contributed by atoms with Crippen molar-refractivity contribution in [3.05, 3.63) is 0 Å². The Hall–Kier alpha value is -0.980. The smallest absolute Gasteiger partial charge is 0.216 e. The van der Waals surface area contributed by atoms with Crippen LogP contribution in [-0.2, 0) is 23.8 Å². The molecule has 18 heavy (non-hydrogen) atoms. The van der Waals surface area contributed by atoms with E-state index >= 15 is 0 Å². The molecule has 0 spiro atoms. The molecule has 1 N–H and O–H groups in total. The molecule has 0 rings (SSSR count). The summed E-state index contributed by atoms with van der Waals surface area (Å²) in [5, 5.41) is 2.63. The Balaban J connectivity index is 2.99.